The maximum atomic E-state index is 4.34. The zero-order valence-electron chi connectivity index (χ0n) is 15.8. The van der Waals surface area contributed by atoms with Crippen LogP contribution in [0, 0.1) is 0 Å². The topological polar surface area (TPSA) is 58.9 Å². The summed E-state index contributed by atoms with van der Waals surface area (Å²) in [4.78, 5) is 6.82. The highest BCUT2D eigenvalue weighted by molar-refractivity contribution is 5.46. The van der Waals surface area contributed by atoms with Gasteiger partial charge < -0.3 is 5.32 Å². The highest BCUT2D eigenvalue weighted by atomic mass is 15.4. The van der Waals surface area contributed by atoms with Gasteiger partial charge in [0, 0.05) is 25.5 Å². The Balaban J connectivity index is 1.30. The lowest BCUT2D eigenvalue weighted by Crippen LogP contribution is -2.32. The summed E-state index contributed by atoms with van der Waals surface area (Å²) < 4.78 is 1.87. The van der Waals surface area contributed by atoms with Crippen LogP contribution < -0.4 is 5.32 Å². The lowest BCUT2D eigenvalue weighted by molar-refractivity contribution is 0.202. The summed E-state index contributed by atoms with van der Waals surface area (Å²) in [7, 11) is 1.97. The minimum absolute atomic E-state index is 0.648. The molecular formula is C21H26N6. The van der Waals surface area contributed by atoms with Crippen LogP contribution in [0.15, 0.2) is 54.9 Å². The molecule has 1 saturated heterocycles. The fourth-order valence-electron chi connectivity index (χ4n) is 3.75. The number of hydrogen-bond donors (Lipinski definition) is 1. The molecule has 6 heteroatoms. The van der Waals surface area contributed by atoms with Crippen molar-refractivity contribution in [3.63, 3.8) is 0 Å². The van der Waals surface area contributed by atoms with E-state index in [1.54, 1.807) is 0 Å². The van der Waals surface area contributed by atoms with Crippen molar-refractivity contribution in [1.29, 1.82) is 0 Å². The summed E-state index contributed by atoms with van der Waals surface area (Å²) in [6, 6.07) is 14.7. The maximum Gasteiger partial charge on any atom is 0.0967 e. The van der Waals surface area contributed by atoms with E-state index in [1.165, 1.54) is 24.1 Å². The van der Waals surface area contributed by atoms with Crippen molar-refractivity contribution in [2.24, 2.45) is 0 Å². The Morgan fingerprint density at radius 3 is 2.70 bits per heavy atom. The van der Waals surface area contributed by atoms with Crippen molar-refractivity contribution in [2.75, 3.05) is 25.5 Å². The van der Waals surface area contributed by atoms with E-state index in [2.05, 4.69) is 49.8 Å². The van der Waals surface area contributed by atoms with Crippen LogP contribution in [-0.2, 0) is 13.1 Å². The van der Waals surface area contributed by atoms with Crippen molar-refractivity contribution < 1.29 is 0 Å². The number of pyridine rings is 1. The molecule has 3 aromatic rings. The Morgan fingerprint density at radius 2 is 1.93 bits per heavy atom. The molecular weight excluding hydrogens is 336 g/mol. The van der Waals surface area contributed by atoms with E-state index in [4.69, 9.17) is 0 Å². The molecule has 0 amide bonds. The van der Waals surface area contributed by atoms with Crippen LogP contribution in [-0.4, -0.2) is 45.0 Å². The van der Waals surface area contributed by atoms with Crippen LogP contribution in [0.1, 0.15) is 35.7 Å². The number of piperidine rings is 1. The molecule has 4 rings (SSSR count). The molecule has 0 aliphatic carbocycles. The van der Waals surface area contributed by atoms with E-state index in [9.17, 15) is 0 Å². The van der Waals surface area contributed by atoms with E-state index in [0.29, 0.717) is 12.5 Å². The molecule has 6 nitrogen and oxygen atoms in total. The summed E-state index contributed by atoms with van der Waals surface area (Å²) >= 11 is 0. The smallest absolute Gasteiger partial charge is 0.0967 e. The van der Waals surface area contributed by atoms with Crippen LogP contribution in [0.2, 0.25) is 0 Å². The molecule has 3 heterocycles. The molecule has 27 heavy (non-hydrogen) atoms. The van der Waals surface area contributed by atoms with Crippen molar-refractivity contribution in [2.45, 2.75) is 31.8 Å². The Kier molecular flexibility index (Phi) is 5.44. The molecule has 140 valence electrons. The van der Waals surface area contributed by atoms with Gasteiger partial charge in [-0.25, -0.2) is 4.68 Å². The van der Waals surface area contributed by atoms with E-state index in [-0.39, 0.29) is 0 Å². The van der Waals surface area contributed by atoms with Crippen LogP contribution in [0.25, 0.3) is 0 Å². The molecule has 0 bridgehead atoms. The van der Waals surface area contributed by atoms with E-state index in [0.717, 1.165) is 31.0 Å². The van der Waals surface area contributed by atoms with Gasteiger partial charge in [0.2, 0.25) is 0 Å². The Morgan fingerprint density at radius 1 is 1.04 bits per heavy atom. The highest BCUT2D eigenvalue weighted by Gasteiger charge is 2.21. The molecule has 0 atom stereocenters. The van der Waals surface area contributed by atoms with E-state index in [1.807, 2.05) is 42.3 Å². The molecule has 1 aromatic carbocycles. The zero-order chi connectivity index (χ0) is 18.5. The van der Waals surface area contributed by atoms with Gasteiger partial charge in [0.15, 0.2) is 0 Å². The second-order valence-electron chi connectivity index (χ2n) is 7.15. The predicted molar refractivity (Wildman–Crippen MR) is 107 cm³/mol. The molecule has 1 N–H and O–H groups in total. The SMILES string of the molecule is CNc1cccc(C2CCN(Cc3cn(Cc4ccccn4)nn3)CC2)c1. The van der Waals surface area contributed by atoms with Gasteiger partial charge in [-0.2, -0.15) is 0 Å². The van der Waals surface area contributed by atoms with Crippen molar-refractivity contribution in [3.8, 4) is 0 Å². The second kappa shape index (κ2) is 8.31. The lowest BCUT2D eigenvalue weighted by atomic mass is 9.89. The molecule has 1 aliphatic heterocycles. The number of aromatic nitrogens is 4. The fraction of sp³-hybridized carbons (Fsp3) is 0.381. The molecule has 1 aliphatic rings. The predicted octanol–water partition coefficient (Wildman–Crippen LogP) is 3.14. The summed E-state index contributed by atoms with van der Waals surface area (Å²) in [5, 5.41) is 11.8. The minimum atomic E-state index is 0.648. The summed E-state index contributed by atoms with van der Waals surface area (Å²) in [5.74, 6) is 0.648. The average Bonchev–Trinajstić information content (AvgIpc) is 3.16. The first-order valence-corrected chi connectivity index (χ1v) is 9.59. The number of rotatable bonds is 6. The van der Waals surface area contributed by atoms with Crippen LogP contribution in [0.5, 0.6) is 0 Å². The molecule has 0 spiro atoms. The summed E-state index contributed by atoms with van der Waals surface area (Å²) in [6.07, 6.45) is 6.23. The second-order valence-corrected chi connectivity index (χ2v) is 7.15. The van der Waals surface area contributed by atoms with E-state index >= 15 is 0 Å². The van der Waals surface area contributed by atoms with Crippen LogP contribution in [0.4, 0.5) is 5.69 Å². The standard InChI is InChI=1S/C21H26N6/c1-22-19-7-4-5-18(13-19)17-8-11-26(12-9-17)14-21-16-27(25-24-21)15-20-6-2-3-10-23-20/h2-7,10,13,16-17,22H,8-9,11-12,14-15H2,1H3. The zero-order valence-corrected chi connectivity index (χ0v) is 15.8. The normalized spacial score (nSPS) is 15.7. The molecule has 2 aromatic heterocycles. The number of nitrogens with zero attached hydrogens (tertiary/aromatic N) is 5. The molecule has 0 saturated carbocycles. The highest BCUT2D eigenvalue weighted by Crippen LogP contribution is 2.29. The van der Waals surface area contributed by atoms with Gasteiger partial charge in [-0.05, 0) is 61.7 Å². The first kappa shape index (κ1) is 17.7. The van der Waals surface area contributed by atoms with Gasteiger partial charge in [-0.15, -0.1) is 5.10 Å². The van der Waals surface area contributed by atoms with Gasteiger partial charge in [-0.1, -0.05) is 23.4 Å². The van der Waals surface area contributed by atoms with Gasteiger partial charge >= 0.3 is 0 Å². The van der Waals surface area contributed by atoms with Gasteiger partial charge in [-0.3, -0.25) is 9.88 Å². The third-order valence-electron chi connectivity index (χ3n) is 5.26. The number of nitrogens with one attached hydrogen (secondary N) is 1. The number of anilines is 1. The first-order valence-electron chi connectivity index (χ1n) is 9.59. The van der Waals surface area contributed by atoms with Crippen molar-refractivity contribution in [1.82, 2.24) is 24.9 Å². The lowest BCUT2D eigenvalue weighted by Gasteiger charge is -2.31. The van der Waals surface area contributed by atoms with Gasteiger partial charge in [0.1, 0.15) is 0 Å². The first-order chi connectivity index (χ1) is 13.3. The quantitative estimate of drug-likeness (QED) is 0.730. The third-order valence-corrected chi connectivity index (χ3v) is 5.26. The molecule has 0 unspecified atom stereocenters. The average molecular weight is 362 g/mol. The summed E-state index contributed by atoms with van der Waals surface area (Å²) in [5.41, 5.74) is 4.67. The van der Waals surface area contributed by atoms with Crippen molar-refractivity contribution in [3.05, 3.63) is 71.8 Å². The Hall–Kier alpha value is -2.73. The van der Waals surface area contributed by atoms with E-state index < -0.39 is 0 Å². The Bertz CT molecular complexity index is 852. The molecule has 0 radical (unpaired) electrons. The minimum Gasteiger partial charge on any atom is -0.388 e. The molecule has 1 fully saturated rings. The number of likely N-dealkylation sites (tertiary alicyclic amines) is 1. The largest absolute Gasteiger partial charge is 0.388 e. The third kappa shape index (κ3) is 4.52. The Labute approximate surface area is 160 Å². The van der Waals surface area contributed by atoms with Gasteiger partial charge in [0.25, 0.3) is 0 Å². The number of hydrogen-bond acceptors (Lipinski definition) is 5. The monoisotopic (exact) mass is 362 g/mol. The van der Waals surface area contributed by atoms with Gasteiger partial charge in [0.05, 0.1) is 24.1 Å². The van der Waals surface area contributed by atoms with Crippen LogP contribution in [0.3, 0.4) is 0 Å². The number of benzene rings is 1. The van der Waals surface area contributed by atoms with Crippen molar-refractivity contribution >= 4 is 5.69 Å². The summed E-state index contributed by atoms with van der Waals surface area (Å²) in [6.45, 7) is 3.73. The van der Waals surface area contributed by atoms with Crippen LogP contribution >= 0.6 is 0 Å². The maximum absolute atomic E-state index is 4.34. The fourth-order valence-corrected chi connectivity index (χ4v) is 3.75.